The summed E-state index contributed by atoms with van der Waals surface area (Å²) in [6.07, 6.45) is 8.22. The first kappa shape index (κ1) is 14.6. The fourth-order valence-electron chi connectivity index (χ4n) is 4.50. The largest absolute Gasteiger partial charge is 0.356 e. The normalized spacial score (nSPS) is 26.2. The Kier molecular flexibility index (Phi) is 3.16. The number of aromatic nitrogens is 5. The maximum Gasteiger partial charge on any atom is 0.142 e. The van der Waals surface area contributed by atoms with Crippen molar-refractivity contribution in [2.45, 2.75) is 13.3 Å². The van der Waals surface area contributed by atoms with Gasteiger partial charge in [-0.25, -0.2) is 19.9 Å². The molecule has 5 heterocycles. The van der Waals surface area contributed by atoms with Gasteiger partial charge in [-0.3, -0.25) is 0 Å². The monoisotopic (exact) mass is 335 g/mol. The van der Waals surface area contributed by atoms with Crippen LogP contribution in [0.15, 0.2) is 37.2 Å². The fraction of sp³-hybridized carbons (Fsp3) is 0.444. The first-order valence-electron chi connectivity index (χ1n) is 8.77. The Labute approximate surface area is 146 Å². The zero-order valence-electron chi connectivity index (χ0n) is 14.3. The molecule has 2 aliphatic heterocycles. The zero-order valence-corrected chi connectivity index (χ0v) is 14.3. The molecule has 0 aliphatic carbocycles. The number of nitrogens with zero attached hydrogens (tertiary/aromatic N) is 6. The number of rotatable bonds is 2. The van der Waals surface area contributed by atoms with Gasteiger partial charge in [0.25, 0.3) is 0 Å². The van der Waals surface area contributed by atoms with Crippen LogP contribution in [-0.4, -0.2) is 51.1 Å². The Bertz CT molecular complexity index is 893. The molecule has 0 bridgehead atoms. The average Bonchev–Trinajstić information content (AvgIpc) is 3.25. The van der Waals surface area contributed by atoms with Crippen molar-refractivity contribution in [2.75, 3.05) is 36.0 Å². The second-order valence-electron chi connectivity index (χ2n) is 7.45. The molecule has 3 aromatic heterocycles. The highest BCUT2D eigenvalue weighted by atomic mass is 15.3. The summed E-state index contributed by atoms with van der Waals surface area (Å²) < 4.78 is 0. The van der Waals surface area contributed by atoms with Gasteiger partial charge in [0.05, 0.1) is 5.39 Å². The summed E-state index contributed by atoms with van der Waals surface area (Å²) in [6.45, 7) is 6.55. The molecule has 7 nitrogen and oxygen atoms in total. The van der Waals surface area contributed by atoms with Crippen molar-refractivity contribution >= 4 is 22.7 Å². The van der Waals surface area contributed by atoms with E-state index in [2.05, 4.69) is 47.7 Å². The molecular formula is C18H21N7. The Balaban J connectivity index is 1.43. The van der Waals surface area contributed by atoms with Crippen LogP contribution in [0.25, 0.3) is 11.0 Å². The topological polar surface area (TPSA) is 73.8 Å². The van der Waals surface area contributed by atoms with Crippen LogP contribution in [0.4, 0.5) is 11.6 Å². The molecule has 0 amide bonds. The highest BCUT2D eigenvalue weighted by molar-refractivity contribution is 5.87. The Hall–Kier alpha value is -2.70. The van der Waals surface area contributed by atoms with Gasteiger partial charge < -0.3 is 14.8 Å². The van der Waals surface area contributed by atoms with Gasteiger partial charge >= 0.3 is 0 Å². The number of H-pyrrole nitrogens is 1. The minimum Gasteiger partial charge on any atom is -0.356 e. The van der Waals surface area contributed by atoms with Crippen molar-refractivity contribution in [3.8, 4) is 0 Å². The maximum atomic E-state index is 4.59. The Morgan fingerprint density at radius 1 is 1.12 bits per heavy atom. The highest BCUT2D eigenvalue weighted by Crippen LogP contribution is 2.44. The number of piperidine rings is 1. The van der Waals surface area contributed by atoms with Crippen molar-refractivity contribution in [1.82, 2.24) is 24.9 Å². The first-order valence-corrected chi connectivity index (χ1v) is 8.77. The van der Waals surface area contributed by atoms with Crippen LogP contribution in [0.5, 0.6) is 0 Å². The van der Waals surface area contributed by atoms with E-state index < -0.39 is 0 Å². The summed E-state index contributed by atoms with van der Waals surface area (Å²) in [5.41, 5.74) is 1.14. The molecule has 7 heteroatoms. The third-order valence-electron chi connectivity index (χ3n) is 5.80. The van der Waals surface area contributed by atoms with Crippen LogP contribution in [0.1, 0.15) is 13.3 Å². The minimum absolute atomic E-state index is 0.233. The SMILES string of the molecule is CC12CN(c3ccncn3)CC1CCN(c1ncnc3[nH]ccc13)C2. The molecule has 0 spiro atoms. The zero-order chi connectivity index (χ0) is 16.9. The lowest BCUT2D eigenvalue weighted by molar-refractivity contribution is 0.216. The molecule has 0 radical (unpaired) electrons. The second-order valence-corrected chi connectivity index (χ2v) is 7.45. The summed E-state index contributed by atoms with van der Waals surface area (Å²) in [7, 11) is 0. The smallest absolute Gasteiger partial charge is 0.142 e. The van der Waals surface area contributed by atoms with Gasteiger partial charge in [-0.15, -0.1) is 0 Å². The van der Waals surface area contributed by atoms with E-state index in [-0.39, 0.29) is 5.41 Å². The minimum atomic E-state index is 0.233. The summed E-state index contributed by atoms with van der Waals surface area (Å²) in [4.78, 5) is 25.4. The van der Waals surface area contributed by atoms with E-state index in [1.807, 2.05) is 18.5 Å². The molecule has 128 valence electrons. The van der Waals surface area contributed by atoms with Crippen LogP contribution in [-0.2, 0) is 0 Å². The van der Waals surface area contributed by atoms with Gasteiger partial charge in [0.1, 0.15) is 29.9 Å². The molecule has 2 fully saturated rings. The molecule has 2 atom stereocenters. The molecule has 0 aromatic carbocycles. The lowest BCUT2D eigenvalue weighted by atomic mass is 9.75. The van der Waals surface area contributed by atoms with Crippen LogP contribution in [0, 0.1) is 11.3 Å². The van der Waals surface area contributed by atoms with Crippen LogP contribution >= 0.6 is 0 Å². The summed E-state index contributed by atoms with van der Waals surface area (Å²) in [5, 5.41) is 1.11. The van der Waals surface area contributed by atoms with Gasteiger partial charge in [0, 0.05) is 44.0 Å². The third-order valence-corrected chi connectivity index (χ3v) is 5.80. The number of hydrogen-bond donors (Lipinski definition) is 1. The van der Waals surface area contributed by atoms with Crippen molar-refractivity contribution in [3.63, 3.8) is 0 Å². The summed E-state index contributed by atoms with van der Waals surface area (Å²) in [6, 6.07) is 4.08. The molecule has 3 aromatic rings. The van der Waals surface area contributed by atoms with Crippen LogP contribution in [0.2, 0.25) is 0 Å². The molecule has 2 unspecified atom stereocenters. The van der Waals surface area contributed by atoms with E-state index in [4.69, 9.17) is 0 Å². The number of hydrogen-bond acceptors (Lipinski definition) is 6. The summed E-state index contributed by atoms with van der Waals surface area (Å²) >= 11 is 0. The molecule has 1 N–H and O–H groups in total. The predicted octanol–water partition coefficient (Wildman–Crippen LogP) is 2.10. The van der Waals surface area contributed by atoms with E-state index in [0.29, 0.717) is 5.92 Å². The predicted molar refractivity (Wildman–Crippen MR) is 96.6 cm³/mol. The molecule has 2 aliphatic rings. The number of nitrogens with one attached hydrogen (secondary N) is 1. The van der Waals surface area contributed by atoms with Gasteiger partial charge in [-0.05, 0) is 24.5 Å². The van der Waals surface area contributed by atoms with E-state index in [0.717, 1.165) is 48.8 Å². The fourth-order valence-corrected chi connectivity index (χ4v) is 4.50. The van der Waals surface area contributed by atoms with Crippen LogP contribution < -0.4 is 9.80 Å². The highest BCUT2D eigenvalue weighted by Gasteiger charge is 2.47. The van der Waals surface area contributed by atoms with Crippen LogP contribution in [0.3, 0.4) is 0 Å². The Morgan fingerprint density at radius 2 is 2.04 bits per heavy atom. The number of fused-ring (bicyclic) bond motifs is 2. The lowest BCUT2D eigenvalue weighted by Crippen LogP contribution is -2.47. The van der Waals surface area contributed by atoms with Crippen molar-refractivity contribution in [2.24, 2.45) is 11.3 Å². The van der Waals surface area contributed by atoms with Crippen molar-refractivity contribution in [1.29, 1.82) is 0 Å². The lowest BCUT2D eigenvalue weighted by Gasteiger charge is -2.42. The number of aromatic amines is 1. The van der Waals surface area contributed by atoms with Gasteiger partial charge in [0.2, 0.25) is 0 Å². The standard InChI is InChI=1S/C18H21N7/c1-18-9-24(17-14-2-6-20-16(14)22-12-23-17)7-4-13(18)8-25(10-18)15-3-5-19-11-21-15/h2-3,5-6,11-13H,4,7-10H2,1H3,(H,20,22,23). The number of anilines is 2. The van der Waals surface area contributed by atoms with E-state index in [1.165, 1.54) is 6.42 Å². The average molecular weight is 335 g/mol. The van der Waals surface area contributed by atoms with E-state index in [1.54, 1.807) is 12.7 Å². The third kappa shape index (κ3) is 2.33. The quantitative estimate of drug-likeness (QED) is 0.773. The molecule has 2 saturated heterocycles. The second kappa shape index (κ2) is 5.40. The van der Waals surface area contributed by atoms with Crippen molar-refractivity contribution in [3.05, 3.63) is 37.2 Å². The molecule has 5 rings (SSSR count). The summed E-state index contributed by atoms with van der Waals surface area (Å²) in [5.74, 6) is 2.76. The molecular weight excluding hydrogens is 314 g/mol. The van der Waals surface area contributed by atoms with E-state index >= 15 is 0 Å². The Morgan fingerprint density at radius 3 is 2.92 bits per heavy atom. The van der Waals surface area contributed by atoms with Gasteiger partial charge in [-0.2, -0.15) is 0 Å². The van der Waals surface area contributed by atoms with Crippen molar-refractivity contribution < 1.29 is 0 Å². The molecule has 25 heavy (non-hydrogen) atoms. The van der Waals surface area contributed by atoms with E-state index in [9.17, 15) is 0 Å². The van der Waals surface area contributed by atoms with Gasteiger partial charge in [0.15, 0.2) is 0 Å². The maximum absolute atomic E-state index is 4.59. The van der Waals surface area contributed by atoms with Gasteiger partial charge in [-0.1, -0.05) is 6.92 Å². The molecule has 0 saturated carbocycles. The first-order chi connectivity index (χ1) is 12.2.